The average Bonchev–Trinajstić information content (AvgIpc) is 3.26. The average molecular weight is 419 g/mol. The predicted octanol–water partition coefficient (Wildman–Crippen LogP) is 3.66. The summed E-state index contributed by atoms with van der Waals surface area (Å²) < 4.78 is 5.46. The fraction of sp³-hybridized carbons (Fsp3) is 0.292. The largest absolute Gasteiger partial charge is 0.494 e. The number of carbonyl (C=O) groups is 3. The Morgan fingerprint density at radius 3 is 2.55 bits per heavy atom. The van der Waals surface area contributed by atoms with E-state index in [0.717, 1.165) is 29.1 Å². The summed E-state index contributed by atoms with van der Waals surface area (Å²) in [5.74, 6) is -0.826. The highest BCUT2D eigenvalue weighted by atomic mass is 16.5. The Kier molecular flexibility index (Phi) is 5.75. The van der Waals surface area contributed by atoms with Crippen molar-refractivity contribution in [3.05, 3.63) is 59.2 Å². The maximum Gasteiger partial charge on any atom is 0.335 e. The molecule has 0 aliphatic carbocycles. The van der Waals surface area contributed by atoms with Crippen molar-refractivity contribution in [2.75, 3.05) is 29.5 Å². The van der Waals surface area contributed by atoms with Crippen LogP contribution in [-0.2, 0) is 9.59 Å². The van der Waals surface area contributed by atoms with Crippen molar-refractivity contribution in [1.29, 1.82) is 0 Å². The molecule has 0 spiro atoms. The van der Waals surface area contributed by atoms with Gasteiger partial charge in [0.15, 0.2) is 0 Å². The number of rotatable bonds is 5. The highest BCUT2D eigenvalue weighted by molar-refractivity contribution is 6.39. The fourth-order valence-electron chi connectivity index (χ4n) is 4.02. The molecular formula is C24H25N3O4. The van der Waals surface area contributed by atoms with E-state index in [9.17, 15) is 14.4 Å². The van der Waals surface area contributed by atoms with E-state index in [4.69, 9.17) is 4.74 Å². The second-order valence-corrected chi connectivity index (χ2v) is 7.63. The minimum atomic E-state index is -0.777. The van der Waals surface area contributed by atoms with E-state index in [1.54, 1.807) is 24.3 Å². The number of hydrogen-bond acceptors (Lipinski definition) is 5. The number of barbiturate groups is 1. The number of urea groups is 1. The highest BCUT2D eigenvalue weighted by Crippen LogP contribution is 2.28. The zero-order chi connectivity index (χ0) is 22.0. The molecule has 1 N–H and O–H groups in total. The lowest BCUT2D eigenvalue weighted by Crippen LogP contribution is -2.54. The van der Waals surface area contributed by atoms with Crippen LogP contribution in [0.15, 0.2) is 48.0 Å². The summed E-state index contributed by atoms with van der Waals surface area (Å²) in [6.45, 7) is 6.41. The molecule has 0 atom stereocenters. The quantitative estimate of drug-likeness (QED) is 0.591. The van der Waals surface area contributed by atoms with Gasteiger partial charge < -0.3 is 9.64 Å². The molecule has 31 heavy (non-hydrogen) atoms. The van der Waals surface area contributed by atoms with Gasteiger partial charge in [-0.25, -0.2) is 9.69 Å². The molecule has 2 aliphatic heterocycles. The number of nitrogens with zero attached hydrogens (tertiary/aromatic N) is 2. The first-order valence-electron chi connectivity index (χ1n) is 10.5. The van der Waals surface area contributed by atoms with Crippen LogP contribution in [0.3, 0.4) is 0 Å². The van der Waals surface area contributed by atoms with Gasteiger partial charge in [0.25, 0.3) is 11.8 Å². The molecule has 160 valence electrons. The number of imide groups is 2. The monoisotopic (exact) mass is 419 g/mol. The summed E-state index contributed by atoms with van der Waals surface area (Å²) in [4.78, 5) is 41.3. The highest BCUT2D eigenvalue weighted by Gasteiger charge is 2.37. The molecule has 0 saturated carbocycles. The number of ether oxygens (including phenoxy) is 1. The molecule has 2 saturated heterocycles. The number of anilines is 2. The van der Waals surface area contributed by atoms with Crippen LogP contribution in [0.25, 0.3) is 6.08 Å². The molecule has 7 nitrogen and oxygen atoms in total. The van der Waals surface area contributed by atoms with Crippen molar-refractivity contribution in [1.82, 2.24) is 5.32 Å². The SMILES string of the molecule is CCOc1cccc(N2C(=O)NC(=O)/C(=C/c3ccc(N4CCCC4)c(C)c3)C2=O)c1. The molecule has 4 rings (SSSR count). The Bertz CT molecular complexity index is 1070. The molecule has 0 radical (unpaired) electrons. The first-order valence-corrected chi connectivity index (χ1v) is 10.5. The third-order valence-corrected chi connectivity index (χ3v) is 5.47. The lowest BCUT2D eigenvalue weighted by atomic mass is 10.0. The van der Waals surface area contributed by atoms with Crippen molar-refractivity contribution >= 4 is 35.3 Å². The number of aryl methyl sites for hydroxylation is 1. The summed E-state index contributed by atoms with van der Waals surface area (Å²) in [5.41, 5.74) is 3.24. The molecule has 2 fully saturated rings. The summed E-state index contributed by atoms with van der Waals surface area (Å²) in [6.07, 6.45) is 3.91. The van der Waals surface area contributed by atoms with Gasteiger partial charge >= 0.3 is 6.03 Å². The van der Waals surface area contributed by atoms with Crippen molar-refractivity contribution in [3.63, 3.8) is 0 Å². The van der Waals surface area contributed by atoms with Crippen molar-refractivity contribution in [2.24, 2.45) is 0 Å². The lowest BCUT2D eigenvalue weighted by molar-refractivity contribution is -0.122. The van der Waals surface area contributed by atoms with Gasteiger partial charge in [-0.05, 0) is 68.2 Å². The van der Waals surface area contributed by atoms with Crippen molar-refractivity contribution in [2.45, 2.75) is 26.7 Å². The third kappa shape index (κ3) is 4.17. The maximum atomic E-state index is 13.1. The van der Waals surface area contributed by atoms with E-state index in [1.807, 2.05) is 32.0 Å². The zero-order valence-corrected chi connectivity index (χ0v) is 17.7. The number of carbonyl (C=O) groups excluding carboxylic acids is 3. The molecule has 2 aliphatic rings. The van der Waals surface area contributed by atoms with Crippen molar-refractivity contribution in [3.8, 4) is 5.75 Å². The first-order chi connectivity index (χ1) is 15.0. The van der Waals surface area contributed by atoms with Crippen LogP contribution in [-0.4, -0.2) is 37.5 Å². The molecule has 2 aromatic carbocycles. The molecule has 0 unspecified atom stereocenters. The van der Waals surface area contributed by atoms with Crippen LogP contribution in [0.4, 0.5) is 16.2 Å². The van der Waals surface area contributed by atoms with Gasteiger partial charge in [-0.1, -0.05) is 12.1 Å². The molecule has 4 amide bonds. The van der Waals surface area contributed by atoms with Gasteiger partial charge in [0, 0.05) is 24.8 Å². The molecule has 0 aromatic heterocycles. The third-order valence-electron chi connectivity index (χ3n) is 5.47. The molecule has 2 aromatic rings. The zero-order valence-electron chi connectivity index (χ0n) is 17.7. The van der Waals surface area contributed by atoms with Crippen LogP contribution in [0.2, 0.25) is 0 Å². The molecule has 7 heteroatoms. The maximum absolute atomic E-state index is 13.1. The van der Waals surface area contributed by atoms with Gasteiger partial charge in [0.1, 0.15) is 11.3 Å². The fourth-order valence-corrected chi connectivity index (χ4v) is 4.02. The van der Waals surface area contributed by atoms with E-state index in [2.05, 4.69) is 10.2 Å². The number of nitrogens with one attached hydrogen (secondary N) is 1. The van der Waals surface area contributed by atoms with Crippen LogP contribution in [0.1, 0.15) is 30.9 Å². The Hall–Kier alpha value is -3.61. The Morgan fingerprint density at radius 2 is 1.84 bits per heavy atom. The summed E-state index contributed by atoms with van der Waals surface area (Å²) in [5, 5.41) is 2.26. The van der Waals surface area contributed by atoms with Crippen molar-refractivity contribution < 1.29 is 19.1 Å². The standard InChI is InChI=1S/C24H25N3O4/c1-3-31-19-8-6-7-18(15-19)27-23(29)20(22(28)25-24(27)30)14-17-9-10-21(16(2)13-17)26-11-4-5-12-26/h6-10,13-15H,3-5,11-12H2,1-2H3,(H,25,28,30)/b20-14-. The Labute approximate surface area is 181 Å². The normalized spacial score (nSPS) is 18.0. The van der Waals surface area contributed by atoms with E-state index in [1.165, 1.54) is 24.6 Å². The minimum Gasteiger partial charge on any atom is -0.494 e. The topological polar surface area (TPSA) is 79.0 Å². The van der Waals surface area contributed by atoms with Gasteiger partial charge in [0.05, 0.1) is 12.3 Å². The smallest absolute Gasteiger partial charge is 0.335 e. The number of amides is 4. The van der Waals surface area contributed by atoms with E-state index >= 15 is 0 Å². The summed E-state index contributed by atoms with van der Waals surface area (Å²) in [7, 11) is 0. The van der Waals surface area contributed by atoms with Gasteiger partial charge in [-0.15, -0.1) is 0 Å². The number of benzene rings is 2. The van der Waals surface area contributed by atoms with E-state index in [-0.39, 0.29) is 5.57 Å². The first kappa shape index (κ1) is 20.7. The van der Waals surface area contributed by atoms with Crippen LogP contribution in [0.5, 0.6) is 5.75 Å². The molecule has 2 heterocycles. The predicted molar refractivity (Wildman–Crippen MR) is 119 cm³/mol. The lowest BCUT2D eigenvalue weighted by Gasteiger charge is -2.26. The van der Waals surface area contributed by atoms with E-state index < -0.39 is 17.8 Å². The minimum absolute atomic E-state index is 0.0882. The van der Waals surface area contributed by atoms with Gasteiger partial charge in [-0.2, -0.15) is 0 Å². The molecule has 0 bridgehead atoms. The van der Waals surface area contributed by atoms with Crippen LogP contribution < -0.4 is 19.9 Å². The van der Waals surface area contributed by atoms with Crippen LogP contribution in [0, 0.1) is 6.92 Å². The van der Waals surface area contributed by atoms with Gasteiger partial charge in [0.2, 0.25) is 0 Å². The van der Waals surface area contributed by atoms with E-state index in [0.29, 0.717) is 18.0 Å². The molecular weight excluding hydrogens is 394 g/mol. The summed E-state index contributed by atoms with van der Waals surface area (Å²) >= 11 is 0. The summed E-state index contributed by atoms with van der Waals surface area (Å²) in [6, 6.07) is 11.8. The van der Waals surface area contributed by atoms with Gasteiger partial charge in [-0.3, -0.25) is 14.9 Å². The Balaban J connectivity index is 1.64. The second-order valence-electron chi connectivity index (χ2n) is 7.63. The number of hydrogen-bond donors (Lipinski definition) is 1. The second kappa shape index (κ2) is 8.63. The van der Waals surface area contributed by atoms with Crippen LogP contribution >= 0.6 is 0 Å². The Morgan fingerprint density at radius 1 is 1.06 bits per heavy atom.